The summed E-state index contributed by atoms with van der Waals surface area (Å²) in [5, 5.41) is 12.6. The van der Waals surface area contributed by atoms with Gasteiger partial charge in [0.15, 0.2) is 0 Å². The number of amides is 2. The molecule has 0 spiro atoms. The number of nitrogens with one attached hydrogen (secondary N) is 4. The molecule has 2 heterocycles. The van der Waals surface area contributed by atoms with E-state index in [9.17, 15) is 14.0 Å². The van der Waals surface area contributed by atoms with Crippen LogP contribution in [0.2, 0.25) is 0 Å². The number of halogens is 1. The van der Waals surface area contributed by atoms with Crippen molar-refractivity contribution < 1.29 is 14.0 Å². The summed E-state index contributed by atoms with van der Waals surface area (Å²) >= 11 is 0. The van der Waals surface area contributed by atoms with Crippen LogP contribution in [0.25, 0.3) is 0 Å². The smallest absolute Gasteiger partial charge is 0.241 e. The molecule has 8 heteroatoms. The molecule has 3 fully saturated rings. The Morgan fingerprint density at radius 2 is 1.44 bits per heavy atom. The highest BCUT2D eigenvalue weighted by Crippen LogP contribution is 2.45. The van der Waals surface area contributed by atoms with Gasteiger partial charge in [0, 0.05) is 36.7 Å². The van der Waals surface area contributed by atoms with Crippen molar-refractivity contribution in [3.05, 3.63) is 102 Å². The lowest BCUT2D eigenvalue weighted by atomic mass is 10.1. The van der Waals surface area contributed by atoms with E-state index in [1.165, 1.54) is 12.1 Å². The van der Waals surface area contributed by atoms with Crippen LogP contribution in [0, 0.1) is 23.6 Å². The first kappa shape index (κ1) is 27.2. The lowest BCUT2D eigenvalue weighted by molar-refractivity contribution is -0.118. The number of carbonyl (C=O) groups excluding carboxylic acids is 2. The van der Waals surface area contributed by atoms with Crippen molar-refractivity contribution >= 4 is 28.9 Å². The molecule has 6 rings (SSSR count). The number of rotatable bonds is 10. The Balaban J connectivity index is 1.09. The Bertz CT molecular complexity index is 1390. The zero-order chi connectivity index (χ0) is 28.3. The Labute approximate surface area is 240 Å². The molecule has 3 aromatic carbocycles. The van der Waals surface area contributed by atoms with Crippen molar-refractivity contribution in [2.24, 2.45) is 17.8 Å². The molecule has 7 nitrogen and oxygen atoms in total. The normalized spacial score (nSPS) is 24.4. The lowest BCUT2D eigenvalue weighted by Gasteiger charge is -2.25. The quantitative estimate of drug-likeness (QED) is 0.274. The molecule has 0 aromatic heterocycles. The summed E-state index contributed by atoms with van der Waals surface area (Å²) in [6.07, 6.45) is 3.80. The van der Waals surface area contributed by atoms with Gasteiger partial charge in [0.2, 0.25) is 11.8 Å². The Kier molecular flexibility index (Phi) is 7.85. The van der Waals surface area contributed by atoms with E-state index in [1.54, 1.807) is 12.1 Å². The van der Waals surface area contributed by atoms with Crippen LogP contribution in [0.5, 0.6) is 0 Å². The fourth-order valence-electron chi connectivity index (χ4n) is 5.94. The minimum Gasteiger partial charge on any atom is -0.363 e. The maximum Gasteiger partial charge on any atom is 0.241 e. The second-order valence-corrected chi connectivity index (χ2v) is 11.4. The van der Waals surface area contributed by atoms with Gasteiger partial charge in [-0.2, -0.15) is 0 Å². The minimum atomic E-state index is -0.278. The van der Waals surface area contributed by atoms with Crippen molar-refractivity contribution in [3.8, 4) is 0 Å². The van der Waals surface area contributed by atoms with E-state index >= 15 is 0 Å². The van der Waals surface area contributed by atoms with Crippen LogP contribution in [0.15, 0.2) is 85.5 Å². The Hall–Kier alpha value is -4.01. The van der Waals surface area contributed by atoms with Gasteiger partial charge < -0.3 is 26.2 Å². The number of anilines is 3. The van der Waals surface area contributed by atoms with Gasteiger partial charge in [-0.25, -0.2) is 4.39 Å². The first-order valence-corrected chi connectivity index (χ1v) is 14.3. The fourth-order valence-corrected chi connectivity index (χ4v) is 5.94. The number of fused-ring (bicyclic) bond motifs is 1. The van der Waals surface area contributed by atoms with Crippen LogP contribution in [0.3, 0.4) is 0 Å². The number of nitrogens with zero attached hydrogens (tertiary/aromatic N) is 1. The van der Waals surface area contributed by atoms with Crippen molar-refractivity contribution in [1.82, 2.24) is 10.6 Å². The Morgan fingerprint density at radius 3 is 1.95 bits per heavy atom. The summed E-state index contributed by atoms with van der Waals surface area (Å²) in [5.41, 5.74) is 4.56. The van der Waals surface area contributed by atoms with Crippen molar-refractivity contribution in [2.75, 3.05) is 28.6 Å². The van der Waals surface area contributed by atoms with Crippen molar-refractivity contribution in [1.29, 1.82) is 0 Å². The standard InChI is InChI=1S/C33H36FN5O2/c1-2-21-15-30(35-17-21)32(40)37-26-9-3-22(4-10-26)19-39(28-13-7-25(34)8-14-28)20-23-5-11-27(12-6-23)38-33(41)31-29-16-24(29)18-36-31/h2-14,21,24,29-31,35-36H,1,15-20H2,(H,37,40)(H,38,41)/t21-,24+,29+,30+,31+/m1/s1. The molecular formula is C33H36FN5O2. The predicted octanol–water partition coefficient (Wildman–Crippen LogP) is 4.68. The first-order chi connectivity index (χ1) is 19.9. The van der Waals surface area contributed by atoms with Gasteiger partial charge >= 0.3 is 0 Å². The SMILES string of the molecule is C=C[C@H]1CN[C@H](C(=O)Nc2ccc(CN(Cc3ccc(NC(=O)[C@H]4NC[C@@H]5C[C@@H]54)cc3)c3ccc(F)cc3)cc2)C1. The number of hydrogen-bond donors (Lipinski definition) is 4. The molecule has 5 atom stereocenters. The Morgan fingerprint density at radius 1 is 0.829 bits per heavy atom. The summed E-state index contributed by atoms with van der Waals surface area (Å²) in [4.78, 5) is 27.5. The highest BCUT2D eigenvalue weighted by molar-refractivity contribution is 5.96. The number of carbonyl (C=O) groups is 2. The molecule has 212 valence electrons. The van der Waals surface area contributed by atoms with E-state index in [2.05, 4.69) is 32.7 Å². The van der Waals surface area contributed by atoms with Crippen molar-refractivity contribution in [3.63, 3.8) is 0 Å². The van der Waals surface area contributed by atoms with E-state index in [0.29, 0.717) is 30.8 Å². The molecule has 1 aliphatic carbocycles. The van der Waals surface area contributed by atoms with Gasteiger partial charge in [-0.3, -0.25) is 9.59 Å². The van der Waals surface area contributed by atoms with Gasteiger partial charge in [-0.15, -0.1) is 6.58 Å². The van der Waals surface area contributed by atoms with Gasteiger partial charge in [0.05, 0.1) is 12.1 Å². The fraction of sp³-hybridized carbons (Fsp3) is 0.333. The third-order valence-corrected chi connectivity index (χ3v) is 8.48. The molecule has 4 N–H and O–H groups in total. The topological polar surface area (TPSA) is 85.5 Å². The summed E-state index contributed by atoms with van der Waals surface area (Å²) in [5.74, 6) is 1.19. The number of piperidine rings is 1. The number of hydrogen-bond acceptors (Lipinski definition) is 5. The zero-order valence-electron chi connectivity index (χ0n) is 23.0. The van der Waals surface area contributed by atoms with Crippen molar-refractivity contribution in [2.45, 2.75) is 38.0 Å². The molecule has 3 aliphatic rings. The van der Waals surface area contributed by atoms with Crippen LogP contribution in [-0.4, -0.2) is 37.0 Å². The minimum absolute atomic E-state index is 0.0362. The monoisotopic (exact) mass is 553 g/mol. The molecule has 0 radical (unpaired) electrons. The van der Waals surface area contributed by atoms with E-state index in [0.717, 1.165) is 54.1 Å². The molecular weight excluding hydrogens is 517 g/mol. The summed E-state index contributed by atoms with van der Waals surface area (Å²) in [6, 6.07) is 21.9. The van der Waals surface area contributed by atoms with Gasteiger partial charge in [0.1, 0.15) is 5.82 Å². The average Bonchev–Trinajstić information content (AvgIpc) is 3.38. The van der Waals surface area contributed by atoms with Crippen LogP contribution >= 0.6 is 0 Å². The zero-order valence-corrected chi connectivity index (χ0v) is 23.0. The van der Waals surface area contributed by atoms with E-state index < -0.39 is 0 Å². The van der Waals surface area contributed by atoms with Gasteiger partial charge in [-0.1, -0.05) is 30.3 Å². The number of benzene rings is 3. The first-order valence-electron chi connectivity index (χ1n) is 14.3. The van der Waals surface area contributed by atoms with Gasteiger partial charge in [0.25, 0.3) is 0 Å². The molecule has 2 amide bonds. The van der Waals surface area contributed by atoms with E-state index in [1.807, 2.05) is 54.6 Å². The molecule has 41 heavy (non-hydrogen) atoms. The van der Waals surface area contributed by atoms with E-state index in [-0.39, 0.29) is 29.7 Å². The molecule has 2 aliphatic heterocycles. The third-order valence-electron chi connectivity index (χ3n) is 8.48. The maximum absolute atomic E-state index is 13.7. The highest BCUT2D eigenvalue weighted by Gasteiger charge is 2.50. The van der Waals surface area contributed by atoms with Crippen LogP contribution in [0.4, 0.5) is 21.5 Å². The largest absolute Gasteiger partial charge is 0.363 e. The van der Waals surface area contributed by atoms with Crippen LogP contribution in [0.1, 0.15) is 24.0 Å². The second kappa shape index (κ2) is 11.8. The molecule has 1 saturated carbocycles. The molecule has 0 unspecified atom stereocenters. The summed E-state index contributed by atoms with van der Waals surface area (Å²) in [6.45, 7) is 6.73. The predicted molar refractivity (Wildman–Crippen MR) is 160 cm³/mol. The second-order valence-electron chi connectivity index (χ2n) is 11.4. The van der Waals surface area contributed by atoms with Crippen LogP contribution < -0.4 is 26.2 Å². The molecule has 3 aromatic rings. The lowest BCUT2D eigenvalue weighted by Crippen LogP contribution is -2.38. The maximum atomic E-state index is 13.7. The summed E-state index contributed by atoms with van der Waals surface area (Å²) in [7, 11) is 0. The molecule has 2 saturated heterocycles. The van der Waals surface area contributed by atoms with Gasteiger partial charge in [-0.05, 0) is 96.8 Å². The average molecular weight is 554 g/mol. The molecule has 0 bridgehead atoms. The third kappa shape index (κ3) is 6.50. The van der Waals surface area contributed by atoms with E-state index in [4.69, 9.17) is 0 Å². The highest BCUT2D eigenvalue weighted by atomic mass is 19.1. The summed E-state index contributed by atoms with van der Waals surface area (Å²) < 4.78 is 13.7. The van der Waals surface area contributed by atoms with Crippen LogP contribution in [-0.2, 0) is 22.7 Å².